The Bertz CT molecular complexity index is 603. The van der Waals surface area contributed by atoms with E-state index < -0.39 is 17.8 Å². The summed E-state index contributed by atoms with van der Waals surface area (Å²) in [6, 6.07) is 2.98. The first-order valence-corrected chi connectivity index (χ1v) is 5.90. The molecule has 0 aliphatic carbocycles. The van der Waals surface area contributed by atoms with Gasteiger partial charge in [-0.3, -0.25) is 15.8 Å². The summed E-state index contributed by atoms with van der Waals surface area (Å²) in [5.41, 5.74) is 1.53. The zero-order chi connectivity index (χ0) is 14.8. The Morgan fingerprint density at radius 3 is 2.60 bits per heavy atom. The number of hydrogen-bond donors (Lipinski definition) is 2. The third-order valence-electron chi connectivity index (χ3n) is 2.70. The molecule has 1 atom stereocenters. The van der Waals surface area contributed by atoms with Crippen LogP contribution in [0.1, 0.15) is 22.9 Å². The Kier molecular flexibility index (Phi) is 4.22. The monoisotopic (exact) mass is 302 g/mol. The van der Waals surface area contributed by atoms with Gasteiger partial charge in [-0.1, -0.05) is 11.6 Å². The van der Waals surface area contributed by atoms with Crippen molar-refractivity contribution in [2.75, 3.05) is 0 Å². The summed E-state index contributed by atoms with van der Waals surface area (Å²) in [7, 11) is 0. The molecule has 0 aliphatic rings. The number of halogens is 4. The van der Waals surface area contributed by atoms with Gasteiger partial charge in [0.15, 0.2) is 0 Å². The van der Waals surface area contributed by atoms with Gasteiger partial charge in [0.1, 0.15) is 0 Å². The zero-order valence-electron chi connectivity index (χ0n) is 10.0. The molecule has 0 saturated carbocycles. The highest BCUT2D eigenvalue weighted by Crippen LogP contribution is 2.36. The fourth-order valence-corrected chi connectivity index (χ4v) is 2.05. The second-order valence-corrected chi connectivity index (χ2v) is 4.34. The Labute approximate surface area is 117 Å². The van der Waals surface area contributed by atoms with Crippen molar-refractivity contribution in [2.24, 2.45) is 5.84 Å². The maximum atomic E-state index is 13.0. The van der Waals surface area contributed by atoms with Gasteiger partial charge in [0.05, 0.1) is 22.3 Å². The lowest BCUT2D eigenvalue weighted by Gasteiger charge is -2.20. The summed E-state index contributed by atoms with van der Waals surface area (Å²) in [6.45, 7) is 0. The first-order valence-electron chi connectivity index (χ1n) is 5.52. The highest BCUT2D eigenvalue weighted by Gasteiger charge is 2.36. The van der Waals surface area contributed by atoms with Crippen LogP contribution in [0.15, 0.2) is 36.8 Å². The molecule has 20 heavy (non-hydrogen) atoms. The number of hydrazine groups is 1. The van der Waals surface area contributed by atoms with Crippen molar-refractivity contribution < 1.29 is 13.2 Å². The number of nitrogens with zero attached hydrogens (tertiary/aromatic N) is 2. The molecule has 2 aromatic rings. The van der Waals surface area contributed by atoms with Crippen molar-refractivity contribution in [1.82, 2.24) is 15.4 Å². The molecule has 4 nitrogen and oxygen atoms in total. The first kappa shape index (κ1) is 14.7. The number of nitrogens with two attached hydrogens (primary N) is 1. The fraction of sp³-hybridized carbons (Fsp3) is 0.167. The SMILES string of the molecule is NNC(c1cnccc1C(F)(F)F)c1ncccc1Cl. The minimum absolute atomic E-state index is 0.136. The number of nitrogens with one attached hydrogen (secondary N) is 1. The number of pyridine rings is 2. The second kappa shape index (κ2) is 5.74. The quantitative estimate of drug-likeness (QED) is 0.676. The Morgan fingerprint density at radius 1 is 1.25 bits per heavy atom. The normalized spacial score (nSPS) is 13.2. The summed E-state index contributed by atoms with van der Waals surface area (Å²) in [5.74, 6) is 5.37. The standard InChI is InChI=1S/C12H10ClF3N4/c13-9-2-1-4-19-11(9)10(20-17)7-6-18-5-3-8(7)12(14,15)16/h1-6,10,20H,17H2. The molecule has 0 saturated heterocycles. The zero-order valence-corrected chi connectivity index (χ0v) is 10.8. The Balaban J connectivity index is 2.57. The fourth-order valence-electron chi connectivity index (χ4n) is 1.82. The lowest BCUT2D eigenvalue weighted by molar-refractivity contribution is -0.138. The minimum Gasteiger partial charge on any atom is -0.271 e. The summed E-state index contributed by atoms with van der Waals surface area (Å²) in [5, 5.41) is 0.215. The molecule has 8 heteroatoms. The predicted molar refractivity (Wildman–Crippen MR) is 67.7 cm³/mol. The molecule has 3 N–H and O–H groups in total. The van der Waals surface area contributed by atoms with E-state index >= 15 is 0 Å². The van der Waals surface area contributed by atoms with Crippen LogP contribution in [0.25, 0.3) is 0 Å². The molecule has 2 aromatic heterocycles. The number of rotatable bonds is 3. The summed E-state index contributed by atoms with van der Waals surface area (Å²) < 4.78 is 39.0. The van der Waals surface area contributed by atoms with Gasteiger partial charge in [-0.25, -0.2) is 5.43 Å². The van der Waals surface area contributed by atoms with E-state index in [9.17, 15) is 13.2 Å². The molecule has 0 aromatic carbocycles. The first-order chi connectivity index (χ1) is 9.45. The van der Waals surface area contributed by atoms with Crippen molar-refractivity contribution in [1.29, 1.82) is 0 Å². The molecule has 0 bridgehead atoms. The number of alkyl halides is 3. The van der Waals surface area contributed by atoms with Gasteiger partial charge >= 0.3 is 6.18 Å². The van der Waals surface area contributed by atoms with E-state index in [2.05, 4.69) is 15.4 Å². The van der Waals surface area contributed by atoms with Gasteiger partial charge < -0.3 is 0 Å². The van der Waals surface area contributed by atoms with Crippen molar-refractivity contribution >= 4 is 11.6 Å². The van der Waals surface area contributed by atoms with Gasteiger partial charge in [0.2, 0.25) is 0 Å². The lowest BCUT2D eigenvalue weighted by Crippen LogP contribution is -2.31. The lowest BCUT2D eigenvalue weighted by atomic mass is 10.00. The average molecular weight is 303 g/mol. The molecule has 2 rings (SSSR count). The smallest absolute Gasteiger partial charge is 0.271 e. The highest BCUT2D eigenvalue weighted by molar-refractivity contribution is 6.31. The summed E-state index contributed by atoms with van der Waals surface area (Å²) in [6.07, 6.45) is -0.928. The van der Waals surface area contributed by atoms with E-state index in [4.69, 9.17) is 17.4 Å². The summed E-state index contributed by atoms with van der Waals surface area (Å²) in [4.78, 5) is 7.70. The van der Waals surface area contributed by atoms with Crippen molar-refractivity contribution in [3.63, 3.8) is 0 Å². The van der Waals surface area contributed by atoms with Crippen LogP contribution >= 0.6 is 11.6 Å². The van der Waals surface area contributed by atoms with Gasteiger partial charge in [-0.05, 0) is 18.2 Å². The van der Waals surface area contributed by atoms with E-state index in [-0.39, 0.29) is 16.3 Å². The van der Waals surface area contributed by atoms with E-state index in [0.29, 0.717) is 0 Å². The molecule has 0 spiro atoms. The molecule has 106 valence electrons. The molecule has 0 radical (unpaired) electrons. The Hall–Kier alpha value is -1.70. The van der Waals surface area contributed by atoms with Crippen LogP contribution in [0.3, 0.4) is 0 Å². The van der Waals surface area contributed by atoms with E-state index in [1.165, 1.54) is 12.3 Å². The van der Waals surface area contributed by atoms with Crippen molar-refractivity contribution in [3.8, 4) is 0 Å². The van der Waals surface area contributed by atoms with E-state index in [0.717, 1.165) is 18.5 Å². The van der Waals surface area contributed by atoms with Gasteiger partial charge in [-0.2, -0.15) is 13.2 Å². The molecule has 0 aliphatic heterocycles. The van der Waals surface area contributed by atoms with Crippen molar-refractivity contribution in [2.45, 2.75) is 12.2 Å². The van der Waals surface area contributed by atoms with Crippen LogP contribution < -0.4 is 11.3 Å². The minimum atomic E-state index is -4.52. The van der Waals surface area contributed by atoms with Crippen LogP contribution in [0.5, 0.6) is 0 Å². The molecule has 0 amide bonds. The Morgan fingerprint density at radius 2 is 2.00 bits per heavy atom. The molecule has 2 heterocycles. The third kappa shape index (κ3) is 2.90. The maximum absolute atomic E-state index is 13.0. The maximum Gasteiger partial charge on any atom is 0.416 e. The van der Waals surface area contributed by atoms with E-state index in [1.807, 2.05) is 0 Å². The third-order valence-corrected chi connectivity index (χ3v) is 3.01. The van der Waals surface area contributed by atoms with E-state index in [1.54, 1.807) is 6.07 Å². The molecular formula is C12H10ClF3N4. The van der Waals surface area contributed by atoms with Crippen LogP contribution in [0, 0.1) is 0 Å². The largest absolute Gasteiger partial charge is 0.416 e. The molecule has 0 fully saturated rings. The number of hydrogen-bond acceptors (Lipinski definition) is 4. The topological polar surface area (TPSA) is 63.8 Å². The van der Waals surface area contributed by atoms with Crippen LogP contribution in [0.4, 0.5) is 13.2 Å². The number of aromatic nitrogens is 2. The van der Waals surface area contributed by atoms with Crippen LogP contribution in [-0.4, -0.2) is 9.97 Å². The average Bonchev–Trinajstić information content (AvgIpc) is 2.41. The van der Waals surface area contributed by atoms with Gasteiger partial charge in [-0.15, -0.1) is 0 Å². The van der Waals surface area contributed by atoms with Crippen molar-refractivity contribution in [3.05, 3.63) is 58.6 Å². The second-order valence-electron chi connectivity index (χ2n) is 3.93. The van der Waals surface area contributed by atoms with Crippen LogP contribution in [-0.2, 0) is 6.18 Å². The summed E-state index contributed by atoms with van der Waals surface area (Å²) >= 11 is 5.95. The highest BCUT2D eigenvalue weighted by atomic mass is 35.5. The van der Waals surface area contributed by atoms with Gasteiger partial charge in [0, 0.05) is 24.2 Å². The molecule has 1 unspecified atom stereocenters. The van der Waals surface area contributed by atoms with Gasteiger partial charge in [0.25, 0.3) is 0 Å². The molecular weight excluding hydrogens is 293 g/mol. The predicted octanol–water partition coefficient (Wildman–Crippen LogP) is 2.70. The van der Waals surface area contributed by atoms with Crippen LogP contribution in [0.2, 0.25) is 5.02 Å².